The summed E-state index contributed by atoms with van der Waals surface area (Å²) in [5.74, 6) is 0.910. The second kappa shape index (κ2) is 5.14. The molecule has 0 fully saturated rings. The maximum Gasteiger partial charge on any atom is 0.134 e. The van der Waals surface area contributed by atoms with Gasteiger partial charge in [0.2, 0.25) is 0 Å². The molecule has 1 aromatic heterocycles. The van der Waals surface area contributed by atoms with Gasteiger partial charge in [-0.25, -0.2) is 0 Å². The third-order valence-corrected chi connectivity index (χ3v) is 2.75. The molecule has 2 N–H and O–H groups in total. The summed E-state index contributed by atoms with van der Waals surface area (Å²) in [6, 6.07) is 10.1. The van der Waals surface area contributed by atoms with Gasteiger partial charge >= 0.3 is 0 Å². The van der Waals surface area contributed by atoms with Crippen LogP contribution >= 0.6 is 0 Å². The second-order valence-electron chi connectivity index (χ2n) is 3.92. The van der Waals surface area contributed by atoms with Crippen molar-refractivity contribution in [2.75, 3.05) is 6.61 Å². The van der Waals surface area contributed by atoms with E-state index in [1.165, 1.54) is 0 Å². The molecule has 0 saturated carbocycles. The molecule has 1 aromatic carbocycles. The molecule has 16 heavy (non-hydrogen) atoms. The Labute approximate surface area is 95.1 Å². The topological polar surface area (TPSA) is 45.4 Å². The third-order valence-electron chi connectivity index (χ3n) is 2.75. The molecule has 0 aliphatic heterocycles. The molecule has 86 valence electrons. The second-order valence-corrected chi connectivity index (χ2v) is 3.92. The predicted octanol–water partition coefficient (Wildman–Crippen LogP) is 2.29. The summed E-state index contributed by atoms with van der Waals surface area (Å²) in [4.78, 5) is 0. The molecule has 0 spiro atoms. The fourth-order valence-electron chi connectivity index (χ4n) is 1.71. The number of benzene rings is 1. The number of rotatable bonds is 5. The van der Waals surface area contributed by atoms with Crippen molar-refractivity contribution in [1.82, 2.24) is 5.32 Å². The van der Waals surface area contributed by atoms with Crippen LogP contribution in [0.5, 0.6) is 0 Å². The van der Waals surface area contributed by atoms with Gasteiger partial charge in [0.1, 0.15) is 11.3 Å². The molecule has 2 aromatic rings. The lowest BCUT2D eigenvalue weighted by molar-refractivity contribution is 0.236. The molecule has 0 radical (unpaired) electrons. The summed E-state index contributed by atoms with van der Waals surface area (Å²) < 4.78 is 5.66. The van der Waals surface area contributed by atoms with Crippen LogP contribution in [-0.4, -0.2) is 17.8 Å². The average molecular weight is 219 g/mol. The van der Waals surface area contributed by atoms with E-state index < -0.39 is 0 Å². The van der Waals surface area contributed by atoms with Crippen molar-refractivity contribution in [3.05, 3.63) is 36.1 Å². The van der Waals surface area contributed by atoms with Crippen molar-refractivity contribution < 1.29 is 9.52 Å². The number of hydrogen-bond acceptors (Lipinski definition) is 3. The minimum atomic E-state index is 0.146. The van der Waals surface area contributed by atoms with E-state index in [1.54, 1.807) is 0 Å². The van der Waals surface area contributed by atoms with Crippen LogP contribution in [0.25, 0.3) is 11.0 Å². The Kier molecular flexibility index (Phi) is 3.59. The van der Waals surface area contributed by atoms with Gasteiger partial charge in [-0.3, -0.25) is 0 Å². The maximum atomic E-state index is 9.05. The van der Waals surface area contributed by atoms with E-state index in [-0.39, 0.29) is 12.6 Å². The van der Waals surface area contributed by atoms with Crippen LogP contribution in [0.3, 0.4) is 0 Å². The maximum absolute atomic E-state index is 9.05. The van der Waals surface area contributed by atoms with Crippen molar-refractivity contribution in [1.29, 1.82) is 0 Å². The summed E-state index contributed by atoms with van der Waals surface area (Å²) in [6.07, 6.45) is 0.913. The van der Waals surface area contributed by atoms with Crippen LogP contribution in [0.1, 0.15) is 19.1 Å². The standard InChI is InChI=1S/C13H17NO2/c1-2-11(9-15)14-8-12-7-10-5-3-4-6-13(10)16-12/h3-7,11,14-15H,2,8-9H2,1H3/t11-/m0/s1. The van der Waals surface area contributed by atoms with E-state index in [4.69, 9.17) is 9.52 Å². The Hall–Kier alpha value is -1.32. The molecular formula is C13H17NO2. The highest BCUT2D eigenvalue weighted by Gasteiger charge is 2.06. The number of aliphatic hydroxyl groups is 1. The number of furan rings is 1. The van der Waals surface area contributed by atoms with Crippen LogP contribution in [0.15, 0.2) is 34.7 Å². The van der Waals surface area contributed by atoms with Crippen LogP contribution in [0, 0.1) is 0 Å². The van der Waals surface area contributed by atoms with E-state index >= 15 is 0 Å². The molecule has 0 aliphatic carbocycles. The quantitative estimate of drug-likeness (QED) is 0.811. The average Bonchev–Trinajstić information content (AvgIpc) is 2.73. The lowest BCUT2D eigenvalue weighted by Crippen LogP contribution is -2.30. The van der Waals surface area contributed by atoms with Gasteiger partial charge in [0.15, 0.2) is 0 Å². The first kappa shape index (κ1) is 11.2. The van der Waals surface area contributed by atoms with Gasteiger partial charge in [-0.15, -0.1) is 0 Å². The van der Waals surface area contributed by atoms with E-state index in [9.17, 15) is 0 Å². The smallest absolute Gasteiger partial charge is 0.134 e. The minimum Gasteiger partial charge on any atom is -0.460 e. The number of fused-ring (bicyclic) bond motifs is 1. The van der Waals surface area contributed by atoms with Crippen LogP contribution in [0.2, 0.25) is 0 Å². The van der Waals surface area contributed by atoms with Crippen LogP contribution < -0.4 is 5.32 Å². The van der Waals surface area contributed by atoms with E-state index in [2.05, 4.69) is 5.32 Å². The first-order valence-corrected chi connectivity index (χ1v) is 5.65. The normalized spacial score (nSPS) is 13.1. The number of para-hydroxylation sites is 1. The molecular weight excluding hydrogens is 202 g/mol. The molecule has 0 amide bonds. The highest BCUT2D eigenvalue weighted by atomic mass is 16.3. The molecule has 1 atom stereocenters. The summed E-state index contributed by atoms with van der Waals surface area (Å²) in [7, 11) is 0. The Balaban J connectivity index is 2.04. The van der Waals surface area contributed by atoms with Crippen molar-refractivity contribution >= 4 is 11.0 Å². The summed E-state index contributed by atoms with van der Waals surface area (Å²) >= 11 is 0. The van der Waals surface area contributed by atoms with Crippen molar-refractivity contribution in [2.24, 2.45) is 0 Å². The molecule has 2 rings (SSSR count). The zero-order valence-electron chi connectivity index (χ0n) is 9.44. The van der Waals surface area contributed by atoms with E-state index in [0.29, 0.717) is 6.54 Å². The van der Waals surface area contributed by atoms with Gasteiger partial charge in [-0.1, -0.05) is 25.1 Å². The van der Waals surface area contributed by atoms with Gasteiger partial charge in [-0.05, 0) is 18.6 Å². The first-order valence-electron chi connectivity index (χ1n) is 5.65. The van der Waals surface area contributed by atoms with Crippen LogP contribution in [-0.2, 0) is 6.54 Å². The predicted molar refractivity (Wildman–Crippen MR) is 64.2 cm³/mol. The van der Waals surface area contributed by atoms with Gasteiger partial charge < -0.3 is 14.8 Å². The van der Waals surface area contributed by atoms with Gasteiger partial charge in [0.05, 0.1) is 13.2 Å². The summed E-state index contributed by atoms with van der Waals surface area (Å²) in [5, 5.41) is 13.4. The highest BCUT2D eigenvalue weighted by molar-refractivity contribution is 5.77. The molecule has 1 heterocycles. The molecule has 0 saturated heterocycles. The molecule has 0 aliphatic rings. The fraction of sp³-hybridized carbons (Fsp3) is 0.385. The van der Waals surface area contributed by atoms with E-state index in [0.717, 1.165) is 23.2 Å². The van der Waals surface area contributed by atoms with Gasteiger partial charge in [-0.2, -0.15) is 0 Å². The van der Waals surface area contributed by atoms with Gasteiger partial charge in [0, 0.05) is 11.4 Å². The molecule has 3 nitrogen and oxygen atoms in total. The summed E-state index contributed by atoms with van der Waals surface area (Å²) in [5.41, 5.74) is 0.913. The highest BCUT2D eigenvalue weighted by Crippen LogP contribution is 2.18. The monoisotopic (exact) mass is 219 g/mol. The number of aliphatic hydroxyl groups excluding tert-OH is 1. The summed E-state index contributed by atoms with van der Waals surface area (Å²) in [6.45, 7) is 2.87. The van der Waals surface area contributed by atoms with Crippen molar-refractivity contribution in [3.63, 3.8) is 0 Å². The number of hydrogen-bond donors (Lipinski definition) is 2. The molecule has 3 heteroatoms. The zero-order valence-corrected chi connectivity index (χ0v) is 9.44. The third kappa shape index (κ3) is 2.43. The zero-order chi connectivity index (χ0) is 11.4. The SMILES string of the molecule is CC[C@@H](CO)NCc1cc2ccccc2o1. The fourth-order valence-corrected chi connectivity index (χ4v) is 1.71. The number of nitrogens with one attached hydrogen (secondary N) is 1. The Morgan fingerprint density at radius 3 is 2.88 bits per heavy atom. The van der Waals surface area contributed by atoms with Gasteiger partial charge in [0.25, 0.3) is 0 Å². The van der Waals surface area contributed by atoms with E-state index in [1.807, 2.05) is 37.3 Å². The van der Waals surface area contributed by atoms with Crippen molar-refractivity contribution in [2.45, 2.75) is 25.9 Å². The molecule has 0 unspecified atom stereocenters. The lowest BCUT2D eigenvalue weighted by atomic mass is 10.2. The Bertz CT molecular complexity index is 413. The first-order chi connectivity index (χ1) is 7.83. The minimum absolute atomic E-state index is 0.146. The largest absolute Gasteiger partial charge is 0.460 e. The molecule has 0 bridgehead atoms. The van der Waals surface area contributed by atoms with Crippen molar-refractivity contribution in [3.8, 4) is 0 Å². The lowest BCUT2D eigenvalue weighted by Gasteiger charge is -2.11. The Morgan fingerprint density at radius 2 is 2.19 bits per heavy atom. The Morgan fingerprint density at radius 1 is 1.38 bits per heavy atom. The van der Waals surface area contributed by atoms with Crippen LogP contribution in [0.4, 0.5) is 0 Å².